The average Bonchev–Trinajstić information content (AvgIpc) is 2.41. The lowest BCUT2D eigenvalue weighted by Gasteiger charge is -2.14. The number of hydrogen-bond acceptors (Lipinski definition) is 2. The van der Waals surface area contributed by atoms with Crippen LogP contribution in [0.2, 0.25) is 0 Å². The predicted molar refractivity (Wildman–Crippen MR) is 87.6 cm³/mol. The van der Waals surface area contributed by atoms with E-state index in [1.54, 1.807) is 0 Å². The first kappa shape index (κ1) is 18.1. The van der Waals surface area contributed by atoms with Crippen molar-refractivity contribution in [2.75, 3.05) is 19.6 Å². The summed E-state index contributed by atoms with van der Waals surface area (Å²) in [5, 5.41) is 7.04. The maximum atomic E-state index is 3.85. The monoisotopic (exact) mass is 264 g/mol. The lowest BCUT2D eigenvalue weighted by Crippen LogP contribution is -2.30. The van der Waals surface area contributed by atoms with Crippen molar-refractivity contribution in [2.45, 2.75) is 53.0 Å². The van der Waals surface area contributed by atoms with Crippen molar-refractivity contribution in [1.82, 2.24) is 10.6 Å². The summed E-state index contributed by atoms with van der Waals surface area (Å²) in [7, 11) is 0. The first-order valence-corrected chi connectivity index (χ1v) is 7.54. The molecule has 0 heterocycles. The van der Waals surface area contributed by atoms with Crippen LogP contribution in [0.5, 0.6) is 0 Å². The largest absolute Gasteiger partial charge is 0.314 e. The zero-order valence-electron chi connectivity index (χ0n) is 13.3. The van der Waals surface area contributed by atoms with Gasteiger partial charge in [0.25, 0.3) is 0 Å². The van der Waals surface area contributed by atoms with E-state index in [2.05, 4.69) is 57.1 Å². The normalized spacial score (nSPS) is 11.7. The first-order chi connectivity index (χ1) is 9.13. The van der Waals surface area contributed by atoms with E-state index in [9.17, 15) is 0 Å². The van der Waals surface area contributed by atoms with E-state index in [-0.39, 0.29) is 0 Å². The summed E-state index contributed by atoms with van der Waals surface area (Å²) in [6.45, 7) is 15.6. The van der Waals surface area contributed by atoms with Gasteiger partial charge < -0.3 is 10.6 Å². The van der Waals surface area contributed by atoms with Gasteiger partial charge in [0.2, 0.25) is 0 Å². The third kappa shape index (κ3) is 10.7. The second kappa shape index (κ2) is 12.2. The molecule has 2 nitrogen and oxygen atoms in total. The number of rotatable bonds is 11. The van der Waals surface area contributed by atoms with Gasteiger partial charge in [0.05, 0.1) is 0 Å². The number of allylic oxidation sites excluding steroid dienone is 3. The van der Waals surface area contributed by atoms with E-state index in [1.165, 1.54) is 30.4 Å². The van der Waals surface area contributed by atoms with Crippen molar-refractivity contribution in [2.24, 2.45) is 0 Å². The fourth-order valence-electron chi connectivity index (χ4n) is 1.80. The zero-order valence-corrected chi connectivity index (χ0v) is 13.3. The minimum atomic E-state index is 0.682. The minimum absolute atomic E-state index is 0.682. The summed E-state index contributed by atoms with van der Waals surface area (Å²) < 4.78 is 0. The van der Waals surface area contributed by atoms with Gasteiger partial charge in [-0.25, -0.2) is 0 Å². The van der Waals surface area contributed by atoms with Crippen LogP contribution in [-0.2, 0) is 0 Å². The molecule has 0 aliphatic rings. The Morgan fingerprint density at radius 3 is 2.32 bits per heavy atom. The topological polar surface area (TPSA) is 24.1 Å². The lowest BCUT2D eigenvalue weighted by molar-refractivity contribution is 0.474. The molecule has 0 spiro atoms. The summed E-state index contributed by atoms with van der Waals surface area (Å²) in [4.78, 5) is 0. The molecule has 0 fully saturated rings. The van der Waals surface area contributed by atoms with Gasteiger partial charge in [-0.05, 0) is 51.8 Å². The summed E-state index contributed by atoms with van der Waals surface area (Å²) in [5.74, 6) is 0. The van der Waals surface area contributed by atoms with Gasteiger partial charge in [-0.1, -0.05) is 44.2 Å². The van der Waals surface area contributed by atoms with Crippen molar-refractivity contribution < 1.29 is 0 Å². The van der Waals surface area contributed by atoms with Gasteiger partial charge >= 0.3 is 0 Å². The van der Waals surface area contributed by atoms with Gasteiger partial charge in [-0.3, -0.25) is 0 Å². The van der Waals surface area contributed by atoms with E-state index in [1.807, 2.05) is 6.08 Å². The van der Waals surface area contributed by atoms with Crippen LogP contribution in [-0.4, -0.2) is 25.7 Å². The molecule has 0 radical (unpaired) electrons. The number of nitrogens with one attached hydrogen (secondary N) is 2. The van der Waals surface area contributed by atoms with Crippen molar-refractivity contribution in [3.8, 4) is 0 Å². The second-order valence-electron chi connectivity index (χ2n) is 5.19. The molecule has 0 bridgehead atoms. The Morgan fingerprint density at radius 2 is 1.79 bits per heavy atom. The van der Waals surface area contributed by atoms with Crippen molar-refractivity contribution in [3.63, 3.8) is 0 Å². The highest BCUT2D eigenvalue weighted by atomic mass is 14.9. The van der Waals surface area contributed by atoms with Crippen molar-refractivity contribution in [3.05, 3.63) is 36.0 Å². The third-order valence-corrected chi connectivity index (χ3v) is 3.17. The molecule has 0 saturated carbocycles. The highest BCUT2D eigenvalue weighted by molar-refractivity contribution is 5.24. The average molecular weight is 264 g/mol. The molecule has 2 heteroatoms. The summed E-state index contributed by atoms with van der Waals surface area (Å²) >= 11 is 0. The molecule has 2 N–H and O–H groups in total. The molecular weight excluding hydrogens is 232 g/mol. The van der Waals surface area contributed by atoms with Crippen molar-refractivity contribution in [1.29, 1.82) is 0 Å². The van der Waals surface area contributed by atoms with Crippen LogP contribution in [0.1, 0.15) is 47.0 Å². The molecule has 0 atom stereocenters. The molecule has 0 aliphatic carbocycles. The molecule has 0 rings (SSSR count). The standard InChI is InChI=1S/C17H32N2/c1-6-16(11-10-15(4)5)14-18-12-9-13-19-17(7-2)8-3/h6,10-11,17-19H,1,7-9,12-14H2,2-5H3/b16-11+. The van der Waals surface area contributed by atoms with Crippen LogP contribution in [0.25, 0.3) is 0 Å². The van der Waals surface area contributed by atoms with E-state index in [4.69, 9.17) is 0 Å². The van der Waals surface area contributed by atoms with Gasteiger partial charge in [0.15, 0.2) is 0 Å². The molecule has 0 aromatic heterocycles. The number of hydrogen-bond donors (Lipinski definition) is 2. The van der Waals surface area contributed by atoms with Gasteiger partial charge in [0, 0.05) is 12.6 Å². The maximum absolute atomic E-state index is 3.85. The molecule has 110 valence electrons. The van der Waals surface area contributed by atoms with E-state index >= 15 is 0 Å². The lowest BCUT2D eigenvalue weighted by atomic mass is 10.1. The van der Waals surface area contributed by atoms with Crippen LogP contribution < -0.4 is 10.6 Å². The third-order valence-electron chi connectivity index (χ3n) is 3.17. The summed E-state index contributed by atoms with van der Waals surface area (Å²) in [5.41, 5.74) is 2.56. The second-order valence-corrected chi connectivity index (χ2v) is 5.19. The summed E-state index contributed by atoms with van der Waals surface area (Å²) in [6, 6.07) is 0.682. The van der Waals surface area contributed by atoms with Crippen LogP contribution in [0, 0.1) is 0 Å². The molecular formula is C17H32N2. The SMILES string of the molecule is C=C/C(=C\C=C(C)C)CNCCCNC(CC)CC. The molecule has 0 amide bonds. The quantitative estimate of drug-likeness (QED) is 0.438. The van der Waals surface area contributed by atoms with Crippen LogP contribution in [0.4, 0.5) is 0 Å². The first-order valence-electron chi connectivity index (χ1n) is 7.54. The molecule has 0 unspecified atom stereocenters. The Hall–Kier alpha value is -0.860. The minimum Gasteiger partial charge on any atom is -0.314 e. The van der Waals surface area contributed by atoms with E-state index in [0.29, 0.717) is 6.04 Å². The molecule has 0 aliphatic heterocycles. The molecule has 0 aromatic carbocycles. The molecule has 0 aromatic rings. The van der Waals surface area contributed by atoms with Gasteiger partial charge in [-0.2, -0.15) is 0 Å². The molecule has 19 heavy (non-hydrogen) atoms. The predicted octanol–water partition coefficient (Wildman–Crippen LogP) is 3.82. The van der Waals surface area contributed by atoms with E-state index < -0.39 is 0 Å². The highest BCUT2D eigenvalue weighted by Crippen LogP contribution is 1.98. The Kier molecular flexibility index (Phi) is 11.6. The van der Waals surface area contributed by atoms with Crippen molar-refractivity contribution >= 4 is 0 Å². The highest BCUT2D eigenvalue weighted by Gasteiger charge is 2.00. The van der Waals surface area contributed by atoms with Gasteiger partial charge in [0.1, 0.15) is 0 Å². The van der Waals surface area contributed by atoms with E-state index in [0.717, 1.165) is 19.6 Å². The Bertz CT molecular complexity index is 282. The maximum Gasteiger partial charge on any atom is 0.0205 e. The summed E-state index contributed by atoms with van der Waals surface area (Å²) in [6.07, 6.45) is 9.80. The Morgan fingerprint density at radius 1 is 1.11 bits per heavy atom. The Balaban J connectivity index is 3.70. The van der Waals surface area contributed by atoms with Gasteiger partial charge in [-0.15, -0.1) is 0 Å². The Labute approximate surface area is 120 Å². The fraction of sp³-hybridized carbons (Fsp3) is 0.647. The fourth-order valence-corrected chi connectivity index (χ4v) is 1.80. The van der Waals surface area contributed by atoms with Crippen LogP contribution in [0.15, 0.2) is 36.0 Å². The van der Waals surface area contributed by atoms with Crippen LogP contribution >= 0.6 is 0 Å². The zero-order chi connectivity index (χ0) is 14.5. The van der Waals surface area contributed by atoms with Crippen LogP contribution in [0.3, 0.4) is 0 Å². The molecule has 0 saturated heterocycles. The smallest absolute Gasteiger partial charge is 0.0205 e.